The van der Waals surface area contributed by atoms with Crippen LogP contribution in [0.3, 0.4) is 0 Å². The summed E-state index contributed by atoms with van der Waals surface area (Å²) >= 11 is 6.19. The summed E-state index contributed by atoms with van der Waals surface area (Å²) in [7, 11) is -3.34. The summed E-state index contributed by atoms with van der Waals surface area (Å²) in [6, 6.07) is 10.2. The van der Waals surface area contributed by atoms with Gasteiger partial charge in [0, 0.05) is 16.1 Å². The van der Waals surface area contributed by atoms with E-state index in [2.05, 4.69) is 0 Å². The number of hydrogen-bond acceptors (Lipinski definition) is 3. The largest absolute Gasteiger partial charge is 0.304 e. The first-order valence-corrected chi connectivity index (χ1v) is 10.1. The van der Waals surface area contributed by atoms with Crippen LogP contribution in [-0.4, -0.2) is 26.1 Å². The van der Waals surface area contributed by atoms with Crippen LogP contribution in [-0.2, 0) is 21.1 Å². The molecule has 1 atom stereocenters. The van der Waals surface area contributed by atoms with E-state index >= 15 is 0 Å². The highest BCUT2D eigenvalue weighted by molar-refractivity contribution is 7.94. The van der Waals surface area contributed by atoms with Crippen LogP contribution in [0.25, 0.3) is 0 Å². The second kappa shape index (κ2) is 7.21. The Kier molecular flexibility index (Phi) is 5.16. The summed E-state index contributed by atoms with van der Waals surface area (Å²) in [4.78, 5) is 14.4. The minimum atomic E-state index is -3.34. The summed E-state index contributed by atoms with van der Waals surface area (Å²) < 4.78 is 36.7. The average molecular weight is 394 g/mol. The second-order valence-electron chi connectivity index (χ2n) is 6.23. The van der Waals surface area contributed by atoms with Crippen LogP contribution in [0.5, 0.6) is 0 Å². The molecule has 3 rings (SSSR count). The van der Waals surface area contributed by atoms with Gasteiger partial charge in [-0.25, -0.2) is 12.8 Å². The molecule has 0 saturated heterocycles. The van der Waals surface area contributed by atoms with Crippen molar-refractivity contribution in [2.75, 3.05) is 10.7 Å². The van der Waals surface area contributed by atoms with Crippen molar-refractivity contribution in [1.29, 1.82) is 0 Å². The normalized spacial score (nSPS) is 18.0. The molecule has 136 valence electrons. The molecule has 0 aromatic heterocycles. The third-order valence-electron chi connectivity index (χ3n) is 4.21. The van der Waals surface area contributed by atoms with Crippen LogP contribution < -0.4 is 4.90 Å². The number of rotatable bonds is 4. The second-order valence-corrected chi connectivity index (χ2v) is 8.56. The lowest BCUT2D eigenvalue weighted by Crippen LogP contribution is -2.42. The molecule has 0 saturated carbocycles. The Morgan fingerprint density at radius 2 is 1.92 bits per heavy atom. The Balaban J connectivity index is 1.94. The van der Waals surface area contributed by atoms with Crippen LogP contribution in [0, 0.1) is 12.7 Å². The first-order valence-electron chi connectivity index (χ1n) is 7.99. The average Bonchev–Trinajstić information content (AvgIpc) is 2.93. The van der Waals surface area contributed by atoms with Crippen LogP contribution in [0.2, 0.25) is 5.02 Å². The summed E-state index contributed by atoms with van der Waals surface area (Å²) in [6.07, 6.45) is 1.53. The van der Waals surface area contributed by atoms with Gasteiger partial charge < -0.3 is 4.90 Å². The lowest BCUT2D eigenvalue weighted by atomic mass is 10.1. The molecule has 2 aromatic rings. The molecule has 0 fully saturated rings. The van der Waals surface area contributed by atoms with Crippen molar-refractivity contribution < 1.29 is 17.6 Å². The Morgan fingerprint density at radius 3 is 2.50 bits per heavy atom. The van der Waals surface area contributed by atoms with Crippen molar-refractivity contribution in [2.45, 2.75) is 19.4 Å². The topological polar surface area (TPSA) is 54.5 Å². The van der Waals surface area contributed by atoms with Gasteiger partial charge in [-0.2, -0.15) is 0 Å². The van der Waals surface area contributed by atoms with E-state index in [1.54, 1.807) is 18.2 Å². The fourth-order valence-electron chi connectivity index (χ4n) is 2.83. The van der Waals surface area contributed by atoms with E-state index in [9.17, 15) is 17.6 Å². The number of hydrogen-bond donors (Lipinski definition) is 0. The fraction of sp³-hybridized carbons (Fsp3) is 0.211. The molecule has 1 aliphatic heterocycles. The van der Waals surface area contributed by atoms with Crippen LogP contribution >= 0.6 is 11.6 Å². The van der Waals surface area contributed by atoms with Crippen LogP contribution in [0.4, 0.5) is 10.1 Å². The number of anilines is 1. The Labute approximate surface area is 156 Å². The number of halogens is 2. The maximum atomic E-state index is 13.1. The van der Waals surface area contributed by atoms with Gasteiger partial charge in [-0.1, -0.05) is 29.8 Å². The molecular formula is C19H17ClFNO3S. The van der Waals surface area contributed by atoms with Gasteiger partial charge in [-0.15, -0.1) is 0 Å². The zero-order valence-corrected chi connectivity index (χ0v) is 15.6. The smallest absolute Gasteiger partial charge is 0.231 e. The van der Waals surface area contributed by atoms with Crippen LogP contribution in [0.15, 0.2) is 53.9 Å². The third-order valence-corrected chi connectivity index (χ3v) is 6.00. The minimum Gasteiger partial charge on any atom is -0.304 e. The molecule has 0 N–H and O–H groups in total. The van der Waals surface area contributed by atoms with E-state index < -0.39 is 15.9 Å². The van der Waals surface area contributed by atoms with Gasteiger partial charge in [-0.3, -0.25) is 4.79 Å². The maximum Gasteiger partial charge on any atom is 0.231 e. The maximum absolute atomic E-state index is 13.1. The summed E-state index contributed by atoms with van der Waals surface area (Å²) in [5, 5.41) is 1.62. The van der Waals surface area contributed by atoms with Crippen LogP contribution in [0.1, 0.15) is 11.1 Å². The van der Waals surface area contributed by atoms with E-state index in [1.807, 2.05) is 6.92 Å². The lowest BCUT2D eigenvalue weighted by Gasteiger charge is -2.28. The van der Waals surface area contributed by atoms with Gasteiger partial charge in [0.2, 0.25) is 5.91 Å². The molecule has 7 heteroatoms. The monoisotopic (exact) mass is 393 g/mol. The third kappa shape index (κ3) is 4.14. The molecule has 1 amide bonds. The van der Waals surface area contributed by atoms with Crippen molar-refractivity contribution in [2.24, 2.45) is 0 Å². The quantitative estimate of drug-likeness (QED) is 0.796. The molecule has 0 unspecified atom stereocenters. The van der Waals surface area contributed by atoms with Gasteiger partial charge >= 0.3 is 0 Å². The van der Waals surface area contributed by atoms with E-state index in [0.717, 1.165) is 11.0 Å². The minimum absolute atomic E-state index is 0.0240. The lowest BCUT2D eigenvalue weighted by molar-refractivity contribution is -0.118. The summed E-state index contributed by atoms with van der Waals surface area (Å²) in [5.74, 6) is -0.843. The highest BCUT2D eigenvalue weighted by atomic mass is 35.5. The number of sulfone groups is 1. The predicted octanol–water partition coefficient (Wildman–Crippen LogP) is 3.67. The molecule has 0 aliphatic carbocycles. The van der Waals surface area contributed by atoms with Crippen molar-refractivity contribution >= 4 is 33.0 Å². The standard InChI is InChI=1S/C19H17ClFNO3S/c1-13-2-7-16(11-18(13)20)22(17-8-9-26(24,25)12-17)19(23)10-14-3-5-15(21)6-4-14/h2-9,11,17H,10,12H2,1H3/t17-/m1/s1. The number of carbonyl (C=O) groups excluding carboxylic acids is 1. The van der Waals surface area contributed by atoms with Crippen molar-refractivity contribution in [3.63, 3.8) is 0 Å². The van der Waals surface area contributed by atoms with Crippen molar-refractivity contribution in [1.82, 2.24) is 0 Å². The number of carbonyl (C=O) groups is 1. The number of nitrogens with zero attached hydrogens (tertiary/aromatic N) is 1. The van der Waals surface area contributed by atoms with Crippen molar-refractivity contribution in [3.8, 4) is 0 Å². The number of amides is 1. The van der Waals surface area contributed by atoms with Gasteiger partial charge in [0.25, 0.3) is 0 Å². The Hall–Kier alpha value is -2.18. The first-order chi connectivity index (χ1) is 12.2. The number of aryl methyl sites for hydroxylation is 1. The summed E-state index contributed by atoms with van der Waals surface area (Å²) in [5.41, 5.74) is 2.03. The highest BCUT2D eigenvalue weighted by Gasteiger charge is 2.31. The molecule has 0 bridgehead atoms. The molecular weight excluding hydrogens is 377 g/mol. The molecule has 4 nitrogen and oxygen atoms in total. The molecule has 2 aromatic carbocycles. The van der Waals surface area contributed by atoms with Gasteiger partial charge in [0.15, 0.2) is 9.84 Å². The molecule has 26 heavy (non-hydrogen) atoms. The fourth-order valence-corrected chi connectivity index (χ4v) is 4.28. The van der Waals surface area contributed by atoms with Gasteiger partial charge in [0.1, 0.15) is 5.82 Å². The molecule has 0 radical (unpaired) electrons. The van der Waals surface area contributed by atoms with E-state index in [1.165, 1.54) is 35.2 Å². The van der Waals surface area contributed by atoms with Crippen molar-refractivity contribution in [3.05, 3.63) is 75.9 Å². The predicted molar refractivity (Wildman–Crippen MR) is 100 cm³/mol. The van der Waals surface area contributed by atoms with Gasteiger partial charge in [-0.05, 0) is 48.4 Å². The SMILES string of the molecule is Cc1ccc(N(C(=O)Cc2ccc(F)cc2)[C@@H]2C=CS(=O)(=O)C2)cc1Cl. The first kappa shape index (κ1) is 18.6. The molecule has 1 heterocycles. The zero-order chi connectivity index (χ0) is 18.9. The number of benzene rings is 2. The Bertz CT molecular complexity index is 971. The highest BCUT2D eigenvalue weighted by Crippen LogP contribution is 2.28. The Morgan fingerprint density at radius 1 is 1.23 bits per heavy atom. The van der Waals surface area contributed by atoms with E-state index in [-0.39, 0.29) is 23.9 Å². The zero-order valence-electron chi connectivity index (χ0n) is 14.0. The molecule has 1 aliphatic rings. The van der Waals surface area contributed by atoms with E-state index in [4.69, 9.17) is 11.6 Å². The summed E-state index contributed by atoms with van der Waals surface area (Å²) in [6.45, 7) is 1.84. The molecule has 0 spiro atoms. The van der Waals surface area contributed by atoms with Gasteiger partial charge in [0.05, 0.1) is 18.2 Å². The van der Waals surface area contributed by atoms with E-state index in [0.29, 0.717) is 16.3 Å².